The second kappa shape index (κ2) is 10.7. The Kier molecular flexibility index (Phi) is 7.71. The number of hydrogen-bond acceptors (Lipinski definition) is 3. The van der Waals surface area contributed by atoms with Crippen LogP contribution in [0.15, 0.2) is 30.3 Å². The highest BCUT2D eigenvalue weighted by atomic mass is 16.2. The molecule has 0 aromatic heterocycles. The summed E-state index contributed by atoms with van der Waals surface area (Å²) < 4.78 is 0. The summed E-state index contributed by atoms with van der Waals surface area (Å²) >= 11 is 0. The number of unbranched alkanes of at least 4 members (excludes halogenated alkanes) is 1. The van der Waals surface area contributed by atoms with E-state index < -0.39 is 0 Å². The van der Waals surface area contributed by atoms with Crippen LogP contribution in [0, 0.1) is 11.8 Å². The quantitative estimate of drug-likeness (QED) is 0.655. The highest BCUT2D eigenvalue weighted by molar-refractivity contribution is 5.98. The molecule has 1 saturated carbocycles. The van der Waals surface area contributed by atoms with Crippen LogP contribution in [0.25, 0.3) is 0 Å². The van der Waals surface area contributed by atoms with Crippen LogP contribution in [-0.4, -0.2) is 71.2 Å². The van der Waals surface area contributed by atoms with E-state index in [1.54, 1.807) is 0 Å². The van der Waals surface area contributed by atoms with Crippen molar-refractivity contribution in [2.24, 2.45) is 11.8 Å². The molecule has 2 saturated heterocycles. The molecule has 180 valence electrons. The fraction of sp³-hybridized carbons (Fsp3) is 0.667. The summed E-state index contributed by atoms with van der Waals surface area (Å²) in [6.45, 7) is 4.15. The molecular weight excluding hydrogens is 414 g/mol. The first-order chi connectivity index (χ1) is 16.0. The van der Waals surface area contributed by atoms with Crippen LogP contribution in [0.1, 0.15) is 75.1 Å². The molecule has 1 aliphatic carbocycles. The van der Waals surface area contributed by atoms with Crippen molar-refractivity contribution in [3.8, 4) is 0 Å². The molecule has 3 amide bonds. The summed E-state index contributed by atoms with van der Waals surface area (Å²) in [6.07, 6.45) is 8.72. The molecule has 0 radical (unpaired) electrons. The number of benzene rings is 1. The molecule has 2 aliphatic heterocycles. The Labute approximate surface area is 198 Å². The van der Waals surface area contributed by atoms with Gasteiger partial charge in [0, 0.05) is 44.2 Å². The van der Waals surface area contributed by atoms with Gasteiger partial charge < -0.3 is 14.7 Å². The maximum atomic E-state index is 13.7. The van der Waals surface area contributed by atoms with E-state index in [-0.39, 0.29) is 35.7 Å². The van der Waals surface area contributed by atoms with E-state index in [2.05, 4.69) is 6.92 Å². The molecule has 6 heteroatoms. The minimum atomic E-state index is -0.370. The van der Waals surface area contributed by atoms with Crippen molar-refractivity contribution >= 4 is 17.7 Å². The molecule has 0 bridgehead atoms. The summed E-state index contributed by atoms with van der Waals surface area (Å²) in [5.74, 6) is 0.712. The average Bonchev–Trinajstić information content (AvgIpc) is 3.26. The standard InChI is InChI=1S/C27H39N3O3/c1-3-4-16-28(2)25(31)21-14-17-29(18-15-21)27(33)24-19-22-12-8-9-13-23(22)30(24)26(32)20-10-6-5-7-11-20/h5-7,10-11,21-24H,3-4,8-9,12-19H2,1-2H3. The minimum absolute atomic E-state index is 0.00381. The van der Waals surface area contributed by atoms with Gasteiger partial charge in [0.15, 0.2) is 0 Å². The molecule has 3 fully saturated rings. The summed E-state index contributed by atoms with van der Waals surface area (Å²) in [6, 6.07) is 9.20. The van der Waals surface area contributed by atoms with Gasteiger partial charge >= 0.3 is 0 Å². The molecular formula is C27H39N3O3. The molecule has 4 rings (SSSR count). The van der Waals surface area contributed by atoms with E-state index in [1.807, 2.05) is 52.1 Å². The SMILES string of the molecule is CCCCN(C)C(=O)C1CCN(C(=O)C2CC3CCCCC3N2C(=O)c2ccccc2)CC1. The number of nitrogens with zero attached hydrogens (tertiary/aromatic N) is 3. The predicted octanol–water partition coefficient (Wildman–Crippen LogP) is 3.96. The van der Waals surface area contributed by atoms with Crippen LogP contribution in [0.4, 0.5) is 0 Å². The third-order valence-corrected chi connectivity index (χ3v) is 8.01. The number of fused-ring (bicyclic) bond motifs is 1. The third kappa shape index (κ3) is 5.10. The number of carbonyl (C=O) groups excluding carboxylic acids is 3. The first kappa shape index (κ1) is 23.8. The summed E-state index contributed by atoms with van der Waals surface area (Å²) in [5, 5.41) is 0. The molecule has 0 N–H and O–H groups in total. The lowest BCUT2D eigenvalue weighted by Crippen LogP contribution is -2.53. The van der Waals surface area contributed by atoms with Gasteiger partial charge in [0.1, 0.15) is 6.04 Å². The number of rotatable bonds is 6. The van der Waals surface area contributed by atoms with Gasteiger partial charge in [-0.05, 0) is 56.6 Å². The normalized spacial score (nSPS) is 25.6. The molecule has 3 unspecified atom stereocenters. The molecule has 1 aromatic rings. The molecule has 3 aliphatic rings. The first-order valence-corrected chi connectivity index (χ1v) is 12.9. The highest BCUT2D eigenvalue weighted by Gasteiger charge is 2.48. The van der Waals surface area contributed by atoms with E-state index in [9.17, 15) is 14.4 Å². The highest BCUT2D eigenvalue weighted by Crippen LogP contribution is 2.41. The van der Waals surface area contributed by atoms with Crippen LogP contribution >= 0.6 is 0 Å². The van der Waals surface area contributed by atoms with Crippen molar-refractivity contribution in [1.82, 2.24) is 14.7 Å². The number of piperidine rings is 1. The second-order valence-electron chi connectivity index (χ2n) is 10.2. The Bertz CT molecular complexity index is 834. The first-order valence-electron chi connectivity index (χ1n) is 12.9. The summed E-state index contributed by atoms with van der Waals surface area (Å²) in [7, 11) is 1.89. The van der Waals surface area contributed by atoms with Gasteiger partial charge in [-0.25, -0.2) is 0 Å². The van der Waals surface area contributed by atoms with Crippen LogP contribution in [0.2, 0.25) is 0 Å². The molecule has 1 aromatic carbocycles. The van der Waals surface area contributed by atoms with Crippen LogP contribution < -0.4 is 0 Å². The summed E-state index contributed by atoms with van der Waals surface area (Å²) in [5.41, 5.74) is 0.668. The number of likely N-dealkylation sites (tertiary alicyclic amines) is 2. The number of carbonyl (C=O) groups is 3. The lowest BCUT2D eigenvalue weighted by molar-refractivity contribution is -0.142. The zero-order chi connectivity index (χ0) is 23.4. The monoisotopic (exact) mass is 453 g/mol. The Morgan fingerprint density at radius 1 is 1.00 bits per heavy atom. The Morgan fingerprint density at radius 2 is 1.70 bits per heavy atom. The van der Waals surface area contributed by atoms with Gasteiger partial charge in [-0.3, -0.25) is 14.4 Å². The second-order valence-corrected chi connectivity index (χ2v) is 10.2. The van der Waals surface area contributed by atoms with Crippen molar-refractivity contribution in [2.75, 3.05) is 26.7 Å². The lowest BCUT2D eigenvalue weighted by atomic mass is 9.84. The molecule has 3 atom stereocenters. The van der Waals surface area contributed by atoms with Gasteiger partial charge in [0.2, 0.25) is 11.8 Å². The van der Waals surface area contributed by atoms with E-state index >= 15 is 0 Å². The molecule has 6 nitrogen and oxygen atoms in total. The van der Waals surface area contributed by atoms with Crippen molar-refractivity contribution in [2.45, 2.75) is 76.8 Å². The predicted molar refractivity (Wildman–Crippen MR) is 129 cm³/mol. The van der Waals surface area contributed by atoms with Gasteiger partial charge in [-0.1, -0.05) is 44.4 Å². The van der Waals surface area contributed by atoms with Gasteiger partial charge in [-0.15, -0.1) is 0 Å². The maximum absolute atomic E-state index is 13.7. The number of hydrogen-bond donors (Lipinski definition) is 0. The Morgan fingerprint density at radius 3 is 2.39 bits per heavy atom. The minimum Gasteiger partial charge on any atom is -0.346 e. The van der Waals surface area contributed by atoms with E-state index in [1.165, 1.54) is 6.42 Å². The van der Waals surface area contributed by atoms with E-state index in [0.717, 1.165) is 45.1 Å². The average molecular weight is 454 g/mol. The van der Waals surface area contributed by atoms with Gasteiger partial charge in [0.05, 0.1) is 0 Å². The molecule has 0 spiro atoms. The van der Waals surface area contributed by atoms with Crippen LogP contribution in [-0.2, 0) is 9.59 Å². The summed E-state index contributed by atoms with van der Waals surface area (Å²) in [4.78, 5) is 45.7. The molecule has 2 heterocycles. The van der Waals surface area contributed by atoms with Crippen molar-refractivity contribution in [1.29, 1.82) is 0 Å². The van der Waals surface area contributed by atoms with Crippen molar-refractivity contribution in [3.05, 3.63) is 35.9 Å². The third-order valence-electron chi connectivity index (χ3n) is 8.01. The van der Waals surface area contributed by atoms with Crippen molar-refractivity contribution in [3.63, 3.8) is 0 Å². The zero-order valence-electron chi connectivity index (χ0n) is 20.2. The fourth-order valence-corrected chi connectivity index (χ4v) is 6.08. The van der Waals surface area contributed by atoms with Gasteiger partial charge in [0.25, 0.3) is 5.91 Å². The lowest BCUT2D eigenvalue weighted by Gasteiger charge is -2.38. The largest absolute Gasteiger partial charge is 0.346 e. The number of amides is 3. The van der Waals surface area contributed by atoms with E-state index in [4.69, 9.17) is 0 Å². The Hall–Kier alpha value is -2.37. The van der Waals surface area contributed by atoms with Gasteiger partial charge in [-0.2, -0.15) is 0 Å². The fourth-order valence-electron chi connectivity index (χ4n) is 6.08. The van der Waals surface area contributed by atoms with Crippen LogP contribution in [0.5, 0.6) is 0 Å². The topological polar surface area (TPSA) is 60.9 Å². The molecule has 33 heavy (non-hydrogen) atoms. The van der Waals surface area contributed by atoms with Crippen LogP contribution in [0.3, 0.4) is 0 Å². The van der Waals surface area contributed by atoms with Crippen molar-refractivity contribution < 1.29 is 14.4 Å². The Balaban J connectivity index is 1.43. The smallest absolute Gasteiger partial charge is 0.254 e. The zero-order valence-corrected chi connectivity index (χ0v) is 20.2. The maximum Gasteiger partial charge on any atom is 0.254 e. The van der Waals surface area contributed by atoms with E-state index in [0.29, 0.717) is 37.4 Å².